The first-order valence-electron chi connectivity index (χ1n) is 4.37. The summed E-state index contributed by atoms with van der Waals surface area (Å²) in [5.41, 5.74) is 5.39. The summed E-state index contributed by atoms with van der Waals surface area (Å²) in [6, 6.07) is 3.34. The van der Waals surface area contributed by atoms with Gasteiger partial charge in [0.15, 0.2) is 0 Å². The second-order valence-corrected chi connectivity index (χ2v) is 3.25. The minimum absolute atomic E-state index is 0.197. The molecular formula is C10H12F3NO. The topological polar surface area (TPSA) is 35.2 Å². The number of methoxy groups -OCH3 is 1. The highest BCUT2D eigenvalue weighted by Gasteiger charge is 2.34. The van der Waals surface area contributed by atoms with Crippen molar-refractivity contribution in [3.63, 3.8) is 0 Å². The minimum atomic E-state index is -4.40. The van der Waals surface area contributed by atoms with Crippen LogP contribution in [0.2, 0.25) is 0 Å². The number of rotatable bonds is 2. The average Bonchev–Trinajstić information content (AvgIpc) is 2.15. The van der Waals surface area contributed by atoms with Crippen LogP contribution in [0, 0.1) is 0 Å². The van der Waals surface area contributed by atoms with Crippen LogP contribution in [0.5, 0.6) is 5.75 Å². The molecule has 1 rings (SSSR count). The van der Waals surface area contributed by atoms with E-state index in [1.54, 1.807) is 6.92 Å². The summed E-state index contributed by atoms with van der Waals surface area (Å²) in [7, 11) is 1.20. The lowest BCUT2D eigenvalue weighted by atomic mass is 10.1. The molecule has 0 unspecified atom stereocenters. The Bertz CT molecular complexity index is 347. The molecule has 1 aromatic carbocycles. The fraction of sp³-hybridized carbons (Fsp3) is 0.400. The van der Waals surface area contributed by atoms with Gasteiger partial charge in [0, 0.05) is 6.04 Å². The fourth-order valence-corrected chi connectivity index (χ4v) is 1.23. The summed E-state index contributed by atoms with van der Waals surface area (Å²) in [4.78, 5) is 0. The lowest BCUT2D eigenvalue weighted by Gasteiger charge is -2.14. The van der Waals surface area contributed by atoms with Crippen LogP contribution in [-0.2, 0) is 6.18 Å². The van der Waals surface area contributed by atoms with Crippen LogP contribution in [0.25, 0.3) is 0 Å². The van der Waals surface area contributed by atoms with Gasteiger partial charge in [0.05, 0.1) is 12.7 Å². The Hall–Kier alpha value is -1.23. The van der Waals surface area contributed by atoms with Crippen molar-refractivity contribution >= 4 is 0 Å². The maximum Gasteiger partial charge on any atom is 0.419 e. The van der Waals surface area contributed by atoms with Crippen LogP contribution in [0.3, 0.4) is 0 Å². The predicted molar refractivity (Wildman–Crippen MR) is 50.6 cm³/mol. The second-order valence-electron chi connectivity index (χ2n) is 3.25. The highest BCUT2D eigenvalue weighted by molar-refractivity contribution is 5.40. The van der Waals surface area contributed by atoms with Gasteiger partial charge in [-0.3, -0.25) is 0 Å². The van der Waals surface area contributed by atoms with Gasteiger partial charge >= 0.3 is 6.18 Å². The number of alkyl halides is 3. The van der Waals surface area contributed by atoms with E-state index in [1.165, 1.54) is 19.2 Å². The molecule has 1 atom stereocenters. The molecule has 0 bridgehead atoms. The highest BCUT2D eigenvalue weighted by Crippen LogP contribution is 2.37. The Morgan fingerprint density at radius 2 is 1.93 bits per heavy atom. The molecule has 0 spiro atoms. The third-order valence-corrected chi connectivity index (χ3v) is 2.06. The van der Waals surface area contributed by atoms with Crippen LogP contribution in [-0.4, -0.2) is 7.11 Å². The van der Waals surface area contributed by atoms with Gasteiger partial charge in [-0.05, 0) is 24.6 Å². The lowest BCUT2D eigenvalue weighted by Crippen LogP contribution is -2.10. The van der Waals surface area contributed by atoms with Gasteiger partial charge < -0.3 is 10.5 Å². The van der Waals surface area contributed by atoms with E-state index in [4.69, 9.17) is 5.73 Å². The zero-order valence-corrected chi connectivity index (χ0v) is 8.43. The third-order valence-electron chi connectivity index (χ3n) is 2.06. The van der Waals surface area contributed by atoms with E-state index < -0.39 is 11.7 Å². The normalized spacial score (nSPS) is 13.7. The van der Waals surface area contributed by atoms with Crippen LogP contribution in [0.1, 0.15) is 24.1 Å². The van der Waals surface area contributed by atoms with Crippen molar-refractivity contribution < 1.29 is 17.9 Å². The van der Waals surface area contributed by atoms with Gasteiger partial charge in [-0.25, -0.2) is 0 Å². The molecule has 0 aliphatic heterocycles. The van der Waals surface area contributed by atoms with Crippen molar-refractivity contribution in [1.29, 1.82) is 0 Å². The number of benzene rings is 1. The molecule has 5 heteroatoms. The number of hydrogen-bond donors (Lipinski definition) is 1. The molecule has 0 amide bonds. The van der Waals surface area contributed by atoms with E-state index in [1.807, 2.05) is 0 Å². The summed E-state index contributed by atoms with van der Waals surface area (Å²) in [5.74, 6) is -0.197. The van der Waals surface area contributed by atoms with Crippen molar-refractivity contribution in [2.45, 2.75) is 19.1 Å². The van der Waals surface area contributed by atoms with E-state index in [0.717, 1.165) is 6.07 Å². The molecular weight excluding hydrogens is 207 g/mol. The number of hydrogen-bond acceptors (Lipinski definition) is 2. The summed E-state index contributed by atoms with van der Waals surface area (Å²) >= 11 is 0. The first-order chi connectivity index (χ1) is 6.86. The third kappa shape index (κ3) is 2.62. The van der Waals surface area contributed by atoms with Gasteiger partial charge in [-0.15, -0.1) is 0 Å². The molecule has 0 aliphatic rings. The molecule has 84 valence electrons. The van der Waals surface area contributed by atoms with Gasteiger partial charge in [-0.1, -0.05) is 6.07 Å². The van der Waals surface area contributed by atoms with Gasteiger partial charge in [-0.2, -0.15) is 13.2 Å². The molecule has 0 aromatic heterocycles. The van der Waals surface area contributed by atoms with E-state index in [0.29, 0.717) is 5.56 Å². The first-order valence-corrected chi connectivity index (χ1v) is 4.37. The van der Waals surface area contributed by atoms with Crippen LogP contribution >= 0.6 is 0 Å². The molecule has 2 N–H and O–H groups in total. The van der Waals surface area contributed by atoms with E-state index in [9.17, 15) is 13.2 Å². The summed E-state index contributed by atoms with van der Waals surface area (Å²) in [5, 5.41) is 0. The van der Waals surface area contributed by atoms with Gasteiger partial charge in [0.25, 0.3) is 0 Å². The van der Waals surface area contributed by atoms with E-state index in [-0.39, 0.29) is 11.8 Å². The standard InChI is InChI=1S/C10H12F3NO/c1-6(14)7-3-4-8(10(11,12)13)9(5-7)15-2/h3-6H,14H2,1-2H3/t6-/m1/s1. The molecule has 2 nitrogen and oxygen atoms in total. The summed E-state index contributed by atoms with van der Waals surface area (Å²) < 4.78 is 42.1. The highest BCUT2D eigenvalue weighted by atomic mass is 19.4. The Labute approximate surface area is 85.8 Å². The molecule has 0 saturated heterocycles. The lowest BCUT2D eigenvalue weighted by molar-refractivity contribution is -0.138. The minimum Gasteiger partial charge on any atom is -0.496 e. The quantitative estimate of drug-likeness (QED) is 0.830. The molecule has 1 aromatic rings. The predicted octanol–water partition coefficient (Wildman–Crippen LogP) is 2.73. The molecule has 0 fully saturated rings. The summed E-state index contributed by atoms with van der Waals surface area (Å²) in [6.45, 7) is 1.70. The van der Waals surface area contributed by atoms with Crippen LogP contribution < -0.4 is 10.5 Å². The number of ether oxygens (including phenoxy) is 1. The Kier molecular flexibility index (Phi) is 3.24. The van der Waals surface area contributed by atoms with Crippen molar-refractivity contribution in [1.82, 2.24) is 0 Å². The van der Waals surface area contributed by atoms with Crippen molar-refractivity contribution in [2.24, 2.45) is 5.73 Å². The fourth-order valence-electron chi connectivity index (χ4n) is 1.23. The Morgan fingerprint density at radius 1 is 1.33 bits per heavy atom. The van der Waals surface area contributed by atoms with Gasteiger partial charge in [0.2, 0.25) is 0 Å². The van der Waals surface area contributed by atoms with Crippen LogP contribution in [0.4, 0.5) is 13.2 Å². The SMILES string of the molecule is COc1cc([C@@H](C)N)ccc1C(F)(F)F. The van der Waals surface area contributed by atoms with Crippen molar-refractivity contribution in [3.8, 4) is 5.75 Å². The monoisotopic (exact) mass is 219 g/mol. The molecule has 15 heavy (non-hydrogen) atoms. The van der Waals surface area contributed by atoms with Crippen LogP contribution in [0.15, 0.2) is 18.2 Å². The smallest absolute Gasteiger partial charge is 0.419 e. The average molecular weight is 219 g/mol. The van der Waals surface area contributed by atoms with Gasteiger partial charge in [0.1, 0.15) is 5.75 Å². The zero-order chi connectivity index (χ0) is 11.6. The maximum atomic E-state index is 12.5. The molecule has 0 saturated carbocycles. The molecule has 0 radical (unpaired) electrons. The number of halogens is 3. The van der Waals surface area contributed by atoms with E-state index in [2.05, 4.69) is 4.74 Å². The Morgan fingerprint density at radius 3 is 2.33 bits per heavy atom. The summed E-state index contributed by atoms with van der Waals surface area (Å²) in [6.07, 6.45) is -4.40. The number of nitrogens with two attached hydrogens (primary N) is 1. The van der Waals surface area contributed by atoms with E-state index >= 15 is 0 Å². The Balaban J connectivity index is 3.21. The second kappa shape index (κ2) is 4.10. The van der Waals surface area contributed by atoms with Crippen molar-refractivity contribution in [2.75, 3.05) is 7.11 Å². The zero-order valence-electron chi connectivity index (χ0n) is 8.43. The molecule has 0 aliphatic carbocycles. The first kappa shape index (κ1) is 11.8. The molecule has 0 heterocycles. The maximum absolute atomic E-state index is 12.5. The van der Waals surface area contributed by atoms with Crippen molar-refractivity contribution in [3.05, 3.63) is 29.3 Å². The largest absolute Gasteiger partial charge is 0.496 e.